The normalized spacial score (nSPS) is 13.8. The lowest BCUT2D eigenvalue weighted by Crippen LogP contribution is -2.37. The van der Waals surface area contributed by atoms with Crippen molar-refractivity contribution >= 4 is 19.8 Å². The summed E-state index contributed by atoms with van der Waals surface area (Å²) in [6.07, 6.45) is 34.0. The van der Waals surface area contributed by atoms with Crippen molar-refractivity contribution in [3.63, 3.8) is 0 Å². The van der Waals surface area contributed by atoms with Gasteiger partial charge in [0.05, 0.1) is 27.7 Å². The van der Waals surface area contributed by atoms with Crippen molar-refractivity contribution in [1.82, 2.24) is 0 Å². The molecule has 0 aromatic heterocycles. The number of likely N-dealkylation sites (N-methyl/N-ethyl adjacent to an activating group) is 1. The average molecular weight is 747 g/mol. The van der Waals surface area contributed by atoms with Crippen LogP contribution in [-0.4, -0.2) is 74.9 Å². The molecule has 0 aliphatic rings. The van der Waals surface area contributed by atoms with Crippen molar-refractivity contribution in [2.45, 2.75) is 193 Å². The van der Waals surface area contributed by atoms with Gasteiger partial charge in [-0.3, -0.25) is 18.6 Å². The van der Waals surface area contributed by atoms with Crippen LogP contribution in [0.25, 0.3) is 0 Å². The van der Waals surface area contributed by atoms with Gasteiger partial charge >= 0.3 is 19.8 Å². The smallest absolute Gasteiger partial charge is 0.462 e. The summed E-state index contributed by atoms with van der Waals surface area (Å²) in [5.41, 5.74) is 0. The first kappa shape index (κ1) is 49.8. The highest BCUT2D eigenvalue weighted by Crippen LogP contribution is 2.43. The van der Waals surface area contributed by atoms with E-state index >= 15 is 0 Å². The third-order valence-electron chi connectivity index (χ3n) is 9.05. The molecular weight excluding hydrogens is 665 g/mol. The number of hydrogen-bond acceptors (Lipinski definition) is 7. The van der Waals surface area contributed by atoms with E-state index in [0.29, 0.717) is 23.9 Å². The number of phosphoric ester groups is 1. The van der Waals surface area contributed by atoms with E-state index in [0.717, 1.165) is 44.9 Å². The number of carbonyl (C=O) groups is 2. The first-order valence-electron chi connectivity index (χ1n) is 20.9. The van der Waals surface area contributed by atoms with Gasteiger partial charge in [0.2, 0.25) is 0 Å². The van der Waals surface area contributed by atoms with Crippen LogP contribution in [0.1, 0.15) is 187 Å². The van der Waals surface area contributed by atoms with Crippen molar-refractivity contribution in [3.05, 3.63) is 12.2 Å². The Morgan fingerprint density at radius 1 is 0.588 bits per heavy atom. The Morgan fingerprint density at radius 2 is 1.00 bits per heavy atom. The number of esters is 2. The predicted molar refractivity (Wildman–Crippen MR) is 211 cm³/mol. The number of nitrogens with zero attached hydrogens (tertiary/aromatic N) is 1. The summed E-state index contributed by atoms with van der Waals surface area (Å²) in [6.45, 7) is 4.40. The van der Waals surface area contributed by atoms with Gasteiger partial charge in [0.25, 0.3) is 0 Å². The highest BCUT2D eigenvalue weighted by molar-refractivity contribution is 7.47. The Kier molecular flexibility index (Phi) is 33.7. The summed E-state index contributed by atoms with van der Waals surface area (Å²) >= 11 is 0. The fourth-order valence-corrected chi connectivity index (χ4v) is 6.46. The van der Waals surface area contributed by atoms with Gasteiger partial charge < -0.3 is 18.9 Å². The van der Waals surface area contributed by atoms with E-state index in [4.69, 9.17) is 18.5 Å². The van der Waals surface area contributed by atoms with E-state index in [1.165, 1.54) is 109 Å². The van der Waals surface area contributed by atoms with E-state index in [-0.39, 0.29) is 25.6 Å². The molecule has 0 aromatic carbocycles. The largest absolute Gasteiger partial charge is 0.472 e. The van der Waals surface area contributed by atoms with Crippen LogP contribution in [-0.2, 0) is 32.7 Å². The van der Waals surface area contributed by atoms with Crippen LogP contribution < -0.4 is 0 Å². The number of carbonyl (C=O) groups excluding carboxylic acids is 2. The van der Waals surface area contributed by atoms with Crippen LogP contribution in [0.5, 0.6) is 0 Å². The monoisotopic (exact) mass is 747 g/mol. The fourth-order valence-electron chi connectivity index (χ4n) is 5.71. The summed E-state index contributed by atoms with van der Waals surface area (Å²) in [6, 6.07) is 0. The fraction of sp³-hybridized carbons (Fsp3) is 0.902. The molecule has 1 unspecified atom stereocenters. The molecule has 9 nitrogen and oxygen atoms in total. The molecule has 2 atom stereocenters. The molecule has 0 saturated heterocycles. The van der Waals surface area contributed by atoms with E-state index in [1.54, 1.807) is 0 Å². The van der Waals surface area contributed by atoms with Gasteiger partial charge in [0.15, 0.2) is 6.10 Å². The molecule has 0 rings (SSSR count). The summed E-state index contributed by atoms with van der Waals surface area (Å²) in [7, 11) is 1.47. The maximum absolute atomic E-state index is 12.6. The molecule has 302 valence electrons. The topological polar surface area (TPSA) is 108 Å². The maximum Gasteiger partial charge on any atom is 0.472 e. The zero-order chi connectivity index (χ0) is 37.9. The molecule has 51 heavy (non-hydrogen) atoms. The van der Waals surface area contributed by atoms with E-state index < -0.39 is 26.5 Å². The number of phosphoric acid groups is 1. The molecule has 0 radical (unpaired) electrons. The van der Waals surface area contributed by atoms with Gasteiger partial charge in [-0.05, 0) is 38.5 Å². The zero-order valence-corrected chi connectivity index (χ0v) is 34.7. The molecule has 0 bridgehead atoms. The van der Waals surface area contributed by atoms with Crippen LogP contribution >= 0.6 is 7.82 Å². The van der Waals surface area contributed by atoms with Gasteiger partial charge in [-0.15, -0.1) is 0 Å². The van der Waals surface area contributed by atoms with Crippen LogP contribution in [0.2, 0.25) is 0 Å². The van der Waals surface area contributed by atoms with Gasteiger partial charge in [-0.1, -0.05) is 148 Å². The van der Waals surface area contributed by atoms with Crippen molar-refractivity contribution in [2.24, 2.45) is 0 Å². The summed E-state index contributed by atoms with van der Waals surface area (Å²) in [5, 5.41) is 0. The highest BCUT2D eigenvalue weighted by Gasteiger charge is 2.27. The SMILES string of the molecule is CCCCCCCC/C=C/CCCCCC(=O)O[C@H](COC(=O)CCCCCCCCCCCCCCCC)COP(=O)(O)OCC[N+](C)(C)C. The van der Waals surface area contributed by atoms with Gasteiger partial charge in [-0.2, -0.15) is 0 Å². The van der Waals surface area contributed by atoms with E-state index in [9.17, 15) is 19.0 Å². The number of hydrogen-bond donors (Lipinski definition) is 1. The first-order chi connectivity index (χ1) is 24.5. The first-order valence-corrected chi connectivity index (χ1v) is 22.4. The third kappa shape index (κ3) is 38.3. The van der Waals surface area contributed by atoms with Crippen molar-refractivity contribution in [3.8, 4) is 0 Å². The number of rotatable bonds is 38. The number of unbranched alkanes of at least 4 members (excludes halogenated alkanes) is 22. The van der Waals surface area contributed by atoms with Gasteiger partial charge in [0.1, 0.15) is 19.8 Å². The Labute approximate surface area is 314 Å². The molecule has 0 heterocycles. The Balaban J connectivity index is 4.39. The van der Waals surface area contributed by atoms with Crippen LogP contribution in [0.4, 0.5) is 0 Å². The second-order valence-electron chi connectivity index (χ2n) is 15.4. The van der Waals surface area contributed by atoms with Crippen molar-refractivity contribution in [2.75, 3.05) is 47.5 Å². The minimum absolute atomic E-state index is 0.0319. The van der Waals surface area contributed by atoms with E-state index in [2.05, 4.69) is 26.0 Å². The zero-order valence-electron chi connectivity index (χ0n) is 33.9. The highest BCUT2D eigenvalue weighted by atomic mass is 31.2. The quantitative estimate of drug-likeness (QED) is 0.0219. The second-order valence-corrected chi connectivity index (χ2v) is 16.8. The van der Waals surface area contributed by atoms with Gasteiger partial charge in [-0.25, -0.2) is 4.57 Å². The van der Waals surface area contributed by atoms with Crippen LogP contribution in [0.15, 0.2) is 12.2 Å². The molecular formula is C41H81NO8P+. The Hall–Kier alpha value is -1.25. The standard InChI is InChI=1S/C41H80NO8P/c1-6-8-10-12-14-16-18-20-22-23-25-27-29-31-33-40(43)47-37-39(38-49-51(45,46)48-36-35-42(3,4)5)50-41(44)34-32-30-28-26-24-21-19-17-15-13-11-9-7-2/h21,24,39H,6-20,22-23,25-38H2,1-5H3/p+1/b24-21+/t39-/m1/s1. The molecule has 0 amide bonds. The lowest BCUT2D eigenvalue weighted by atomic mass is 10.0. The molecule has 0 aliphatic heterocycles. The molecule has 0 spiro atoms. The van der Waals surface area contributed by atoms with Gasteiger partial charge in [0, 0.05) is 12.8 Å². The lowest BCUT2D eigenvalue weighted by molar-refractivity contribution is -0.870. The molecule has 1 N–H and O–H groups in total. The third-order valence-corrected chi connectivity index (χ3v) is 10.0. The van der Waals surface area contributed by atoms with Crippen LogP contribution in [0.3, 0.4) is 0 Å². The average Bonchev–Trinajstić information content (AvgIpc) is 3.07. The van der Waals surface area contributed by atoms with Crippen molar-refractivity contribution in [1.29, 1.82) is 0 Å². The molecule has 0 saturated carbocycles. The molecule has 0 fully saturated rings. The minimum Gasteiger partial charge on any atom is -0.462 e. The van der Waals surface area contributed by atoms with Crippen molar-refractivity contribution < 1.29 is 42.1 Å². The summed E-state index contributed by atoms with van der Waals surface area (Å²) in [4.78, 5) is 35.2. The molecule has 0 aliphatic carbocycles. The van der Waals surface area contributed by atoms with E-state index in [1.807, 2.05) is 21.1 Å². The number of allylic oxidation sites excluding steroid dienone is 2. The maximum atomic E-state index is 12.6. The number of quaternary nitrogens is 1. The second kappa shape index (κ2) is 34.5. The molecule has 0 aromatic rings. The molecule has 10 heteroatoms. The number of ether oxygens (including phenoxy) is 2. The summed E-state index contributed by atoms with van der Waals surface area (Å²) < 4.78 is 34.2. The summed E-state index contributed by atoms with van der Waals surface area (Å²) in [5.74, 6) is -0.810. The predicted octanol–water partition coefficient (Wildman–Crippen LogP) is 11.4. The Morgan fingerprint density at radius 3 is 1.47 bits per heavy atom. The Bertz CT molecular complexity index is 891. The van der Waals surface area contributed by atoms with Crippen LogP contribution in [0, 0.1) is 0 Å². The lowest BCUT2D eigenvalue weighted by Gasteiger charge is -2.24. The minimum atomic E-state index is -4.37.